The molecule has 1 aromatic rings. The van der Waals surface area contributed by atoms with Crippen LogP contribution >= 0.6 is 15.9 Å². The van der Waals surface area contributed by atoms with Gasteiger partial charge in [0.05, 0.1) is 0 Å². The highest BCUT2D eigenvalue weighted by Gasteiger charge is 2.21. The summed E-state index contributed by atoms with van der Waals surface area (Å²) in [5, 5.41) is 0. The summed E-state index contributed by atoms with van der Waals surface area (Å²) in [5.41, 5.74) is 1.34. The monoisotopic (exact) mass is 282 g/mol. The Balaban J connectivity index is 2.06. The molecular weight excluding hydrogens is 264 g/mol. The number of piperidine rings is 1. The SMILES string of the molecule is CN(C)C1CCCN(c2ccc(Br)cc2)C1. The maximum Gasteiger partial charge on any atom is 0.0367 e. The van der Waals surface area contributed by atoms with Gasteiger partial charge in [0.1, 0.15) is 0 Å². The number of likely N-dealkylation sites (N-methyl/N-ethyl adjacent to an activating group) is 1. The summed E-state index contributed by atoms with van der Waals surface area (Å²) in [4.78, 5) is 4.83. The maximum atomic E-state index is 3.48. The number of hydrogen-bond donors (Lipinski definition) is 0. The van der Waals surface area contributed by atoms with E-state index in [-0.39, 0.29) is 0 Å². The summed E-state index contributed by atoms with van der Waals surface area (Å²) in [6.07, 6.45) is 2.61. The van der Waals surface area contributed by atoms with Crippen LogP contribution in [0.2, 0.25) is 0 Å². The number of benzene rings is 1. The fourth-order valence-electron chi connectivity index (χ4n) is 2.26. The molecule has 1 saturated heterocycles. The Bertz CT molecular complexity index is 334. The molecule has 0 bridgehead atoms. The third-order valence-electron chi connectivity index (χ3n) is 3.32. The number of nitrogens with zero attached hydrogens (tertiary/aromatic N) is 2. The Labute approximate surface area is 106 Å². The minimum atomic E-state index is 0.692. The van der Waals surface area contributed by atoms with Crippen molar-refractivity contribution in [1.29, 1.82) is 0 Å². The highest BCUT2D eigenvalue weighted by atomic mass is 79.9. The Morgan fingerprint density at radius 2 is 1.94 bits per heavy atom. The van der Waals surface area contributed by atoms with Crippen LogP contribution in [0, 0.1) is 0 Å². The van der Waals surface area contributed by atoms with Gasteiger partial charge in [0.25, 0.3) is 0 Å². The Morgan fingerprint density at radius 1 is 1.25 bits per heavy atom. The van der Waals surface area contributed by atoms with E-state index < -0.39 is 0 Å². The highest BCUT2D eigenvalue weighted by molar-refractivity contribution is 9.10. The van der Waals surface area contributed by atoms with Gasteiger partial charge in [-0.2, -0.15) is 0 Å². The van der Waals surface area contributed by atoms with Gasteiger partial charge < -0.3 is 9.80 Å². The van der Waals surface area contributed by atoms with Gasteiger partial charge in [0.2, 0.25) is 0 Å². The largest absolute Gasteiger partial charge is 0.370 e. The summed E-state index contributed by atoms with van der Waals surface area (Å²) in [6, 6.07) is 9.32. The molecule has 1 heterocycles. The van der Waals surface area contributed by atoms with Gasteiger partial charge in [-0.25, -0.2) is 0 Å². The van der Waals surface area contributed by atoms with Crippen LogP contribution in [-0.4, -0.2) is 38.1 Å². The van der Waals surface area contributed by atoms with Gasteiger partial charge >= 0.3 is 0 Å². The Morgan fingerprint density at radius 3 is 2.56 bits per heavy atom. The molecule has 0 spiro atoms. The number of anilines is 1. The quantitative estimate of drug-likeness (QED) is 0.823. The van der Waals surface area contributed by atoms with E-state index in [0.717, 1.165) is 11.0 Å². The molecule has 1 aliphatic rings. The Kier molecular flexibility index (Phi) is 3.87. The third-order valence-corrected chi connectivity index (χ3v) is 3.85. The topological polar surface area (TPSA) is 6.48 Å². The van der Waals surface area contributed by atoms with Gasteiger partial charge in [-0.15, -0.1) is 0 Å². The van der Waals surface area contributed by atoms with E-state index >= 15 is 0 Å². The summed E-state index contributed by atoms with van der Waals surface area (Å²) in [6.45, 7) is 2.33. The molecule has 0 N–H and O–H groups in total. The van der Waals surface area contributed by atoms with E-state index in [4.69, 9.17) is 0 Å². The maximum absolute atomic E-state index is 3.48. The molecule has 1 fully saturated rings. The van der Waals surface area contributed by atoms with Gasteiger partial charge in [-0.05, 0) is 51.2 Å². The first-order valence-electron chi connectivity index (χ1n) is 5.84. The van der Waals surface area contributed by atoms with Crippen molar-refractivity contribution < 1.29 is 0 Å². The molecular formula is C13H19BrN2. The molecule has 2 rings (SSSR count). The van der Waals surface area contributed by atoms with Crippen LogP contribution in [0.5, 0.6) is 0 Å². The lowest BCUT2D eigenvalue weighted by atomic mass is 10.0. The number of halogens is 1. The molecule has 0 aliphatic carbocycles. The summed E-state index contributed by atoms with van der Waals surface area (Å²) in [7, 11) is 4.35. The fraction of sp³-hybridized carbons (Fsp3) is 0.538. The minimum Gasteiger partial charge on any atom is -0.370 e. The smallest absolute Gasteiger partial charge is 0.0367 e. The first-order valence-corrected chi connectivity index (χ1v) is 6.63. The normalized spacial score (nSPS) is 21.5. The molecule has 16 heavy (non-hydrogen) atoms. The summed E-state index contributed by atoms with van der Waals surface area (Å²) < 4.78 is 1.15. The molecule has 1 unspecified atom stereocenters. The molecule has 0 aromatic heterocycles. The van der Waals surface area contributed by atoms with Crippen molar-refractivity contribution in [3.05, 3.63) is 28.7 Å². The zero-order valence-electron chi connectivity index (χ0n) is 9.99. The van der Waals surface area contributed by atoms with Crippen molar-refractivity contribution in [2.24, 2.45) is 0 Å². The standard InChI is InChI=1S/C13H19BrN2/c1-15(2)13-4-3-9-16(10-13)12-7-5-11(14)6-8-12/h5-8,13H,3-4,9-10H2,1-2H3. The van der Waals surface area contributed by atoms with Crippen molar-refractivity contribution >= 4 is 21.6 Å². The molecule has 88 valence electrons. The predicted molar refractivity (Wildman–Crippen MR) is 73.1 cm³/mol. The summed E-state index contributed by atoms with van der Waals surface area (Å²) >= 11 is 3.48. The molecule has 1 atom stereocenters. The van der Waals surface area contributed by atoms with E-state index in [1.54, 1.807) is 0 Å². The average Bonchev–Trinajstić information content (AvgIpc) is 2.30. The molecule has 2 nitrogen and oxygen atoms in total. The van der Waals surface area contributed by atoms with Crippen LogP contribution in [0.3, 0.4) is 0 Å². The van der Waals surface area contributed by atoms with Crippen molar-refractivity contribution in [2.45, 2.75) is 18.9 Å². The van der Waals surface area contributed by atoms with E-state index in [2.05, 4.69) is 64.1 Å². The Hall–Kier alpha value is -0.540. The first-order chi connectivity index (χ1) is 7.66. The van der Waals surface area contributed by atoms with Crippen LogP contribution in [0.15, 0.2) is 28.7 Å². The zero-order chi connectivity index (χ0) is 11.5. The van der Waals surface area contributed by atoms with Crippen LogP contribution in [-0.2, 0) is 0 Å². The zero-order valence-corrected chi connectivity index (χ0v) is 11.6. The molecule has 3 heteroatoms. The van der Waals surface area contributed by atoms with Crippen LogP contribution < -0.4 is 4.90 Å². The first kappa shape index (κ1) is 11.9. The van der Waals surface area contributed by atoms with Gasteiger partial charge in [-0.3, -0.25) is 0 Å². The number of hydrogen-bond acceptors (Lipinski definition) is 2. The lowest BCUT2D eigenvalue weighted by Crippen LogP contribution is -2.45. The molecule has 0 saturated carbocycles. The van der Waals surface area contributed by atoms with E-state index in [1.807, 2.05) is 0 Å². The van der Waals surface area contributed by atoms with Crippen molar-refractivity contribution in [3.8, 4) is 0 Å². The number of rotatable bonds is 2. The second kappa shape index (κ2) is 5.19. The lowest BCUT2D eigenvalue weighted by molar-refractivity contribution is 0.258. The molecule has 1 aliphatic heterocycles. The minimum absolute atomic E-state index is 0.692. The molecule has 0 radical (unpaired) electrons. The molecule has 1 aromatic carbocycles. The van der Waals surface area contributed by atoms with Crippen LogP contribution in [0.4, 0.5) is 5.69 Å². The second-order valence-corrected chi connectivity index (χ2v) is 5.60. The lowest BCUT2D eigenvalue weighted by Gasteiger charge is -2.37. The summed E-state index contributed by atoms with van der Waals surface area (Å²) in [5.74, 6) is 0. The van der Waals surface area contributed by atoms with Gasteiger partial charge in [-0.1, -0.05) is 15.9 Å². The van der Waals surface area contributed by atoms with Crippen LogP contribution in [0.1, 0.15) is 12.8 Å². The van der Waals surface area contributed by atoms with Gasteiger partial charge in [0.15, 0.2) is 0 Å². The van der Waals surface area contributed by atoms with Crippen molar-refractivity contribution in [2.75, 3.05) is 32.1 Å². The van der Waals surface area contributed by atoms with Gasteiger partial charge in [0, 0.05) is 29.3 Å². The fourth-order valence-corrected chi connectivity index (χ4v) is 2.53. The third kappa shape index (κ3) is 2.77. The highest BCUT2D eigenvalue weighted by Crippen LogP contribution is 2.23. The molecule has 0 amide bonds. The second-order valence-electron chi connectivity index (χ2n) is 4.68. The average molecular weight is 283 g/mol. The predicted octanol–water partition coefficient (Wildman–Crippen LogP) is 2.98. The van der Waals surface area contributed by atoms with E-state index in [0.29, 0.717) is 6.04 Å². The van der Waals surface area contributed by atoms with Crippen LogP contribution in [0.25, 0.3) is 0 Å². The van der Waals surface area contributed by atoms with Crippen molar-refractivity contribution in [1.82, 2.24) is 4.90 Å². The van der Waals surface area contributed by atoms with Crippen molar-refractivity contribution in [3.63, 3.8) is 0 Å². The van der Waals surface area contributed by atoms with E-state index in [1.165, 1.54) is 25.1 Å². The van der Waals surface area contributed by atoms with E-state index in [9.17, 15) is 0 Å².